The van der Waals surface area contributed by atoms with Gasteiger partial charge in [-0.2, -0.15) is 0 Å². The van der Waals surface area contributed by atoms with Crippen LogP contribution in [-0.2, 0) is 33.9 Å². The van der Waals surface area contributed by atoms with Crippen LogP contribution < -0.4 is 26.0 Å². The number of amides is 4. The molecule has 2 aliphatic rings. The zero-order valence-corrected chi connectivity index (χ0v) is 28.2. The standard InChI is InChI=1S/C38H47N5O6/c1-25(2)33-24-49-34-8-4-3-7-30(34)36(46)41-31(37(47)39-22-27-9-11-28(12-10-27)23-43-19-5-6-20-43)17-18-35(45)40-32(38(48)42-33)21-26-13-15-29(44)16-14-26/h3-4,7-16,25,31-33,44H,5-6,17-24H2,1-2H3,(H,39,47)(H,40,45)(H,41,46)(H,42,48)/t31-,32-,33-/m0/s1. The highest BCUT2D eigenvalue weighted by molar-refractivity contribution is 5.99. The Balaban J connectivity index is 1.33. The van der Waals surface area contributed by atoms with Crippen molar-refractivity contribution in [3.05, 3.63) is 95.1 Å². The summed E-state index contributed by atoms with van der Waals surface area (Å²) in [6, 6.07) is 18.9. The number of ether oxygens (including phenoxy) is 1. The van der Waals surface area contributed by atoms with E-state index in [-0.39, 0.29) is 55.6 Å². The molecule has 4 amide bonds. The number of rotatable bonds is 8. The van der Waals surface area contributed by atoms with Gasteiger partial charge in [-0.3, -0.25) is 24.1 Å². The van der Waals surface area contributed by atoms with Crippen LogP contribution in [0.3, 0.4) is 0 Å². The smallest absolute Gasteiger partial charge is 0.255 e. The van der Waals surface area contributed by atoms with Crippen LogP contribution in [0.2, 0.25) is 0 Å². The lowest BCUT2D eigenvalue weighted by atomic mass is 10.0. The van der Waals surface area contributed by atoms with Crippen molar-refractivity contribution in [2.75, 3.05) is 19.7 Å². The third-order valence-electron chi connectivity index (χ3n) is 9.09. The minimum absolute atomic E-state index is 0.00334. The molecule has 5 N–H and O–H groups in total. The van der Waals surface area contributed by atoms with Gasteiger partial charge in [0.1, 0.15) is 30.2 Å². The summed E-state index contributed by atoms with van der Waals surface area (Å²) in [5, 5.41) is 21.3. The van der Waals surface area contributed by atoms with Crippen molar-refractivity contribution in [2.45, 2.75) is 77.2 Å². The van der Waals surface area contributed by atoms with Crippen molar-refractivity contribution in [1.82, 2.24) is 26.2 Å². The van der Waals surface area contributed by atoms with Crippen molar-refractivity contribution >= 4 is 23.6 Å². The second kappa shape index (κ2) is 17.0. The topological polar surface area (TPSA) is 149 Å². The second-order valence-electron chi connectivity index (χ2n) is 13.2. The second-order valence-corrected chi connectivity index (χ2v) is 13.2. The summed E-state index contributed by atoms with van der Waals surface area (Å²) in [4.78, 5) is 56.5. The number of likely N-dealkylation sites (tertiary alicyclic amines) is 1. The average Bonchev–Trinajstić information content (AvgIpc) is 3.61. The number of phenols is 1. The lowest BCUT2D eigenvalue weighted by molar-refractivity contribution is -0.130. The van der Waals surface area contributed by atoms with Crippen LogP contribution in [0.5, 0.6) is 11.5 Å². The van der Waals surface area contributed by atoms with Crippen molar-refractivity contribution in [3.63, 3.8) is 0 Å². The fourth-order valence-corrected chi connectivity index (χ4v) is 6.04. The Kier molecular flexibility index (Phi) is 12.3. The summed E-state index contributed by atoms with van der Waals surface area (Å²) in [5.74, 6) is -1.37. The molecule has 5 rings (SSSR count). The summed E-state index contributed by atoms with van der Waals surface area (Å²) in [7, 11) is 0. The van der Waals surface area contributed by atoms with Gasteiger partial charge in [0.15, 0.2) is 0 Å². The number of para-hydroxylation sites is 1. The molecule has 0 spiro atoms. The van der Waals surface area contributed by atoms with E-state index in [4.69, 9.17) is 4.74 Å². The molecule has 0 bridgehead atoms. The van der Waals surface area contributed by atoms with Gasteiger partial charge in [0.05, 0.1) is 11.6 Å². The monoisotopic (exact) mass is 669 g/mol. The molecule has 11 heteroatoms. The molecule has 2 aliphatic heterocycles. The highest BCUT2D eigenvalue weighted by Crippen LogP contribution is 2.20. The van der Waals surface area contributed by atoms with E-state index in [1.807, 2.05) is 26.0 Å². The van der Waals surface area contributed by atoms with Crippen LogP contribution in [0, 0.1) is 5.92 Å². The van der Waals surface area contributed by atoms with E-state index in [9.17, 15) is 24.3 Å². The quantitative estimate of drug-likeness (QED) is 0.247. The molecule has 0 aliphatic carbocycles. The Morgan fingerprint density at radius 2 is 1.57 bits per heavy atom. The van der Waals surface area contributed by atoms with Crippen molar-refractivity contribution in [2.24, 2.45) is 5.92 Å². The van der Waals surface area contributed by atoms with Gasteiger partial charge in [0.25, 0.3) is 5.91 Å². The zero-order valence-electron chi connectivity index (χ0n) is 28.2. The fourth-order valence-electron chi connectivity index (χ4n) is 6.04. The highest BCUT2D eigenvalue weighted by atomic mass is 16.5. The van der Waals surface area contributed by atoms with Crippen LogP contribution in [0.1, 0.15) is 66.6 Å². The van der Waals surface area contributed by atoms with E-state index in [0.717, 1.165) is 30.8 Å². The van der Waals surface area contributed by atoms with Crippen LogP contribution in [0.25, 0.3) is 0 Å². The lowest BCUT2D eigenvalue weighted by Gasteiger charge is -2.26. The SMILES string of the molecule is CC(C)[C@@H]1COc2ccccc2C(=O)N[C@H](C(=O)NCc2ccc(CN3CCCC3)cc2)CCC(=O)N[C@@H](Cc2ccc(O)cc2)C(=O)N1. The zero-order chi connectivity index (χ0) is 34.8. The number of benzene rings is 3. The van der Waals surface area contributed by atoms with E-state index in [0.29, 0.717) is 5.75 Å². The first kappa shape index (κ1) is 35.4. The van der Waals surface area contributed by atoms with Crippen molar-refractivity contribution in [1.29, 1.82) is 0 Å². The Bertz CT molecular complexity index is 1590. The third kappa shape index (κ3) is 10.3. The minimum Gasteiger partial charge on any atom is -0.508 e. The molecule has 3 aromatic rings. The summed E-state index contributed by atoms with van der Waals surface area (Å²) in [6.45, 7) is 7.36. The molecule has 2 heterocycles. The largest absolute Gasteiger partial charge is 0.508 e. The molecule has 3 atom stereocenters. The predicted octanol–water partition coefficient (Wildman–Crippen LogP) is 3.44. The summed E-state index contributed by atoms with van der Waals surface area (Å²) in [6.07, 6.45) is 2.54. The molecule has 260 valence electrons. The molecular formula is C38H47N5O6. The maximum Gasteiger partial charge on any atom is 0.255 e. The van der Waals surface area contributed by atoms with Crippen LogP contribution >= 0.6 is 0 Å². The molecule has 49 heavy (non-hydrogen) atoms. The van der Waals surface area contributed by atoms with Gasteiger partial charge in [-0.25, -0.2) is 0 Å². The van der Waals surface area contributed by atoms with E-state index in [2.05, 4.69) is 38.3 Å². The van der Waals surface area contributed by atoms with Gasteiger partial charge in [0, 0.05) is 25.9 Å². The van der Waals surface area contributed by atoms with Crippen LogP contribution in [0.15, 0.2) is 72.8 Å². The van der Waals surface area contributed by atoms with Crippen LogP contribution in [0.4, 0.5) is 0 Å². The Hall–Kier alpha value is -4.90. The third-order valence-corrected chi connectivity index (χ3v) is 9.09. The molecular weight excluding hydrogens is 622 g/mol. The molecule has 3 aromatic carbocycles. The molecule has 0 unspecified atom stereocenters. The van der Waals surface area contributed by atoms with Crippen molar-refractivity contribution in [3.8, 4) is 11.5 Å². The summed E-state index contributed by atoms with van der Waals surface area (Å²) < 4.78 is 6.10. The number of fused-ring (bicyclic) bond motifs is 1. The van der Waals surface area contributed by atoms with E-state index >= 15 is 0 Å². The number of hydrogen-bond donors (Lipinski definition) is 5. The maximum absolute atomic E-state index is 13.6. The fraction of sp³-hybridized carbons (Fsp3) is 0.421. The van der Waals surface area contributed by atoms with E-state index < -0.39 is 35.8 Å². The first-order valence-corrected chi connectivity index (χ1v) is 17.1. The number of aromatic hydroxyl groups is 1. The molecule has 0 aromatic heterocycles. The van der Waals surface area contributed by atoms with Crippen molar-refractivity contribution < 1.29 is 29.0 Å². The molecule has 11 nitrogen and oxygen atoms in total. The summed E-state index contributed by atoms with van der Waals surface area (Å²) >= 11 is 0. The predicted molar refractivity (Wildman–Crippen MR) is 186 cm³/mol. The van der Waals surface area contributed by atoms with Gasteiger partial charge in [0.2, 0.25) is 17.7 Å². The molecule has 1 saturated heterocycles. The Labute approximate surface area is 287 Å². The average molecular weight is 670 g/mol. The number of hydrogen-bond acceptors (Lipinski definition) is 7. The highest BCUT2D eigenvalue weighted by Gasteiger charge is 2.29. The first-order chi connectivity index (χ1) is 23.6. The molecule has 0 radical (unpaired) electrons. The Morgan fingerprint density at radius 1 is 0.898 bits per heavy atom. The van der Waals surface area contributed by atoms with E-state index in [1.54, 1.807) is 36.4 Å². The van der Waals surface area contributed by atoms with Gasteiger partial charge >= 0.3 is 0 Å². The number of carbonyl (C=O) groups is 4. The summed E-state index contributed by atoms with van der Waals surface area (Å²) in [5.41, 5.74) is 3.12. The minimum atomic E-state index is -1.03. The van der Waals surface area contributed by atoms with Gasteiger partial charge in [-0.15, -0.1) is 0 Å². The number of nitrogens with one attached hydrogen (secondary N) is 4. The van der Waals surface area contributed by atoms with Gasteiger partial charge in [-0.1, -0.05) is 62.4 Å². The van der Waals surface area contributed by atoms with Crippen LogP contribution in [-0.4, -0.2) is 71.5 Å². The first-order valence-electron chi connectivity index (χ1n) is 17.1. The molecule has 1 fully saturated rings. The molecule has 0 saturated carbocycles. The number of phenolic OH excluding ortho intramolecular Hbond substituents is 1. The normalized spacial score (nSPS) is 21.0. The van der Waals surface area contributed by atoms with E-state index in [1.165, 1.54) is 30.5 Å². The number of carbonyl (C=O) groups excluding carboxylic acids is 4. The Morgan fingerprint density at radius 3 is 2.29 bits per heavy atom. The van der Waals surface area contributed by atoms with Gasteiger partial charge in [-0.05, 0) is 79.2 Å². The number of nitrogens with zero attached hydrogens (tertiary/aromatic N) is 1. The van der Waals surface area contributed by atoms with Gasteiger partial charge < -0.3 is 31.1 Å². The lowest BCUT2D eigenvalue weighted by Crippen LogP contribution is -2.53. The maximum atomic E-state index is 13.6.